The Morgan fingerprint density at radius 3 is 2.91 bits per heavy atom. The summed E-state index contributed by atoms with van der Waals surface area (Å²) < 4.78 is 0. The summed E-state index contributed by atoms with van der Waals surface area (Å²) in [5.74, 6) is 0. The molecule has 1 aromatic heterocycles. The lowest BCUT2D eigenvalue weighted by atomic mass is 10.3. The SMILES string of the molecule is C=C(C)/C=c1/cncnc1=C. The summed E-state index contributed by atoms with van der Waals surface area (Å²) in [7, 11) is 0. The van der Waals surface area contributed by atoms with Gasteiger partial charge < -0.3 is 0 Å². The zero-order valence-corrected chi connectivity index (χ0v) is 6.54. The quantitative estimate of drug-likeness (QED) is 0.567. The standard InChI is InChI=1S/C9H10N2/c1-7(2)4-9-5-10-6-11-8(9)3/h4-6H,1,3H2,2H3/b9-4-. The topological polar surface area (TPSA) is 25.8 Å². The van der Waals surface area contributed by atoms with E-state index in [0.29, 0.717) is 0 Å². The highest BCUT2D eigenvalue weighted by Gasteiger charge is 1.81. The van der Waals surface area contributed by atoms with Crippen LogP contribution in [0.5, 0.6) is 0 Å². The number of hydrogen-bond donors (Lipinski definition) is 0. The van der Waals surface area contributed by atoms with E-state index in [1.807, 2.05) is 13.0 Å². The highest BCUT2D eigenvalue weighted by Crippen LogP contribution is 1.83. The first kappa shape index (κ1) is 7.66. The van der Waals surface area contributed by atoms with Crippen molar-refractivity contribution < 1.29 is 0 Å². The molecule has 0 bridgehead atoms. The normalized spacial score (nSPS) is 11.5. The van der Waals surface area contributed by atoms with Crippen LogP contribution < -0.4 is 10.6 Å². The van der Waals surface area contributed by atoms with Crippen molar-refractivity contribution in [2.75, 3.05) is 0 Å². The molecule has 11 heavy (non-hydrogen) atoms. The van der Waals surface area contributed by atoms with E-state index in [-0.39, 0.29) is 0 Å². The predicted octanol–water partition coefficient (Wildman–Crippen LogP) is 0.243. The van der Waals surface area contributed by atoms with E-state index < -0.39 is 0 Å². The first-order valence-corrected chi connectivity index (χ1v) is 3.32. The fourth-order valence-corrected chi connectivity index (χ4v) is 0.752. The van der Waals surface area contributed by atoms with Gasteiger partial charge in [-0.15, -0.1) is 0 Å². The van der Waals surface area contributed by atoms with Crippen LogP contribution in [-0.2, 0) is 0 Å². The lowest BCUT2D eigenvalue weighted by molar-refractivity contribution is 1.10. The number of nitrogens with zero attached hydrogens (tertiary/aromatic N) is 2. The summed E-state index contributed by atoms with van der Waals surface area (Å²) in [6.07, 6.45) is 5.12. The Kier molecular flexibility index (Phi) is 2.16. The van der Waals surface area contributed by atoms with E-state index in [2.05, 4.69) is 23.1 Å². The minimum atomic E-state index is 0.739. The summed E-state index contributed by atoms with van der Waals surface area (Å²) in [6.45, 7) is 9.43. The van der Waals surface area contributed by atoms with E-state index in [1.54, 1.807) is 6.20 Å². The highest BCUT2D eigenvalue weighted by molar-refractivity contribution is 5.42. The van der Waals surface area contributed by atoms with Crippen molar-refractivity contribution >= 4 is 12.7 Å². The van der Waals surface area contributed by atoms with Gasteiger partial charge in [-0.05, 0) is 13.0 Å². The summed E-state index contributed by atoms with van der Waals surface area (Å²) in [4.78, 5) is 7.81. The average Bonchev–Trinajstić information content (AvgIpc) is 1.93. The van der Waals surface area contributed by atoms with Crippen molar-refractivity contribution in [1.82, 2.24) is 9.97 Å². The third-order valence-corrected chi connectivity index (χ3v) is 1.23. The Morgan fingerprint density at radius 2 is 2.36 bits per heavy atom. The number of allylic oxidation sites excluding steroid dienone is 1. The van der Waals surface area contributed by atoms with Crippen molar-refractivity contribution in [2.24, 2.45) is 0 Å². The Labute approximate surface area is 65.6 Å². The monoisotopic (exact) mass is 146 g/mol. The van der Waals surface area contributed by atoms with Gasteiger partial charge in [0, 0.05) is 11.4 Å². The lowest BCUT2D eigenvalue weighted by Gasteiger charge is -1.86. The van der Waals surface area contributed by atoms with Crippen LogP contribution in [0.25, 0.3) is 12.7 Å². The first-order chi connectivity index (χ1) is 5.20. The van der Waals surface area contributed by atoms with Crippen LogP contribution in [0.2, 0.25) is 0 Å². The molecule has 1 rings (SSSR count). The second-order valence-corrected chi connectivity index (χ2v) is 2.42. The Hall–Kier alpha value is -1.44. The predicted molar refractivity (Wildman–Crippen MR) is 46.1 cm³/mol. The summed E-state index contributed by atoms with van der Waals surface area (Å²) in [5.41, 5.74) is 0.977. The molecule has 2 heteroatoms. The molecule has 0 amide bonds. The molecule has 0 atom stereocenters. The van der Waals surface area contributed by atoms with Gasteiger partial charge in [-0.1, -0.05) is 18.7 Å². The molecule has 0 fully saturated rings. The van der Waals surface area contributed by atoms with Gasteiger partial charge in [0.25, 0.3) is 0 Å². The molecule has 1 aromatic rings. The molecular weight excluding hydrogens is 136 g/mol. The zero-order valence-electron chi connectivity index (χ0n) is 6.54. The van der Waals surface area contributed by atoms with Gasteiger partial charge in [-0.3, -0.25) is 0 Å². The maximum Gasteiger partial charge on any atom is 0.116 e. The van der Waals surface area contributed by atoms with Crippen LogP contribution in [0.15, 0.2) is 24.7 Å². The van der Waals surface area contributed by atoms with Crippen LogP contribution in [0.3, 0.4) is 0 Å². The molecule has 0 spiro atoms. The molecule has 1 heterocycles. The largest absolute Gasteiger partial charge is 0.244 e. The second kappa shape index (κ2) is 3.10. The average molecular weight is 146 g/mol. The molecule has 0 N–H and O–H groups in total. The van der Waals surface area contributed by atoms with E-state index in [4.69, 9.17) is 0 Å². The Balaban J connectivity index is 3.36. The third kappa shape index (κ3) is 2.00. The minimum absolute atomic E-state index is 0.739. The summed E-state index contributed by atoms with van der Waals surface area (Å²) in [5, 5.41) is 1.67. The van der Waals surface area contributed by atoms with Crippen molar-refractivity contribution in [3.8, 4) is 0 Å². The van der Waals surface area contributed by atoms with Crippen LogP contribution in [-0.4, -0.2) is 9.97 Å². The second-order valence-electron chi connectivity index (χ2n) is 2.42. The van der Waals surface area contributed by atoms with Crippen LogP contribution >= 0.6 is 0 Å². The molecule has 2 nitrogen and oxygen atoms in total. The van der Waals surface area contributed by atoms with E-state index in [0.717, 1.165) is 16.1 Å². The van der Waals surface area contributed by atoms with E-state index >= 15 is 0 Å². The maximum atomic E-state index is 3.94. The van der Waals surface area contributed by atoms with Crippen molar-refractivity contribution in [2.45, 2.75) is 6.92 Å². The smallest absolute Gasteiger partial charge is 0.116 e. The van der Waals surface area contributed by atoms with Gasteiger partial charge in [0.05, 0.1) is 5.35 Å². The Bertz CT molecular complexity index is 365. The lowest BCUT2D eigenvalue weighted by Crippen LogP contribution is -2.26. The summed E-state index contributed by atoms with van der Waals surface area (Å²) in [6, 6.07) is 0. The van der Waals surface area contributed by atoms with Gasteiger partial charge in [0.1, 0.15) is 6.33 Å². The van der Waals surface area contributed by atoms with Crippen molar-refractivity contribution in [3.63, 3.8) is 0 Å². The van der Waals surface area contributed by atoms with Crippen molar-refractivity contribution in [3.05, 3.63) is 35.2 Å². The number of hydrogen-bond acceptors (Lipinski definition) is 2. The zero-order chi connectivity index (χ0) is 8.27. The van der Waals surface area contributed by atoms with Gasteiger partial charge in [0.15, 0.2) is 0 Å². The van der Waals surface area contributed by atoms with Crippen molar-refractivity contribution in [1.29, 1.82) is 0 Å². The van der Waals surface area contributed by atoms with Crippen LogP contribution in [0.1, 0.15) is 6.92 Å². The molecule has 0 aliphatic carbocycles. The Morgan fingerprint density at radius 1 is 1.64 bits per heavy atom. The molecule has 56 valence electrons. The molecule has 0 aliphatic heterocycles. The van der Waals surface area contributed by atoms with Gasteiger partial charge >= 0.3 is 0 Å². The molecule has 0 unspecified atom stereocenters. The van der Waals surface area contributed by atoms with E-state index in [1.165, 1.54) is 6.33 Å². The van der Waals surface area contributed by atoms with Gasteiger partial charge in [-0.2, -0.15) is 0 Å². The summed E-state index contributed by atoms with van der Waals surface area (Å²) >= 11 is 0. The molecule has 0 aromatic carbocycles. The third-order valence-electron chi connectivity index (χ3n) is 1.23. The van der Waals surface area contributed by atoms with Gasteiger partial charge in [0.2, 0.25) is 0 Å². The molecule has 0 saturated heterocycles. The molecule has 0 aliphatic rings. The fraction of sp³-hybridized carbons (Fsp3) is 0.111. The number of aromatic nitrogens is 2. The fourth-order valence-electron chi connectivity index (χ4n) is 0.752. The molecular formula is C9H10N2. The molecule has 0 radical (unpaired) electrons. The van der Waals surface area contributed by atoms with Gasteiger partial charge in [-0.25, -0.2) is 9.97 Å². The van der Waals surface area contributed by atoms with Crippen LogP contribution in [0.4, 0.5) is 0 Å². The van der Waals surface area contributed by atoms with E-state index in [9.17, 15) is 0 Å². The molecule has 0 saturated carbocycles. The maximum absolute atomic E-state index is 3.94. The first-order valence-electron chi connectivity index (χ1n) is 3.32. The van der Waals surface area contributed by atoms with Crippen LogP contribution in [0, 0.1) is 0 Å². The number of rotatable bonds is 1. The highest BCUT2D eigenvalue weighted by atomic mass is 14.8. The minimum Gasteiger partial charge on any atom is -0.244 e.